The lowest BCUT2D eigenvalue weighted by Crippen LogP contribution is -2.30. The van der Waals surface area contributed by atoms with Crippen molar-refractivity contribution in [3.05, 3.63) is 83.4 Å². The number of hydrogen-bond donors (Lipinski definition) is 3. The molecule has 4 N–H and O–H groups in total. The van der Waals surface area contributed by atoms with Crippen molar-refractivity contribution < 1.29 is 27.9 Å². The summed E-state index contributed by atoms with van der Waals surface area (Å²) < 4.78 is 26.9. The summed E-state index contributed by atoms with van der Waals surface area (Å²) in [4.78, 5) is 36.2. The number of carboxylic acids is 1. The first-order valence-electron chi connectivity index (χ1n) is 10.8. The highest BCUT2D eigenvalue weighted by molar-refractivity contribution is 7.89. The number of carbonyl (C=O) groups is 3. The number of hydrogen-bond acceptors (Lipinski definition) is 5. The molecular weight excluding hydrogens is 470 g/mol. The van der Waals surface area contributed by atoms with Gasteiger partial charge in [-0.1, -0.05) is 38.1 Å². The maximum atomic E-state index is 12.9. The van der Waals surface area contributed by atoms with E-state index in [-0.39, 0.29) is 40.4 Å². The summed E-state index contributed by atoms with van der Waals surface area (Å²) in [5.41, 5.74) is 6.61. The zero-order valence-electron chi connectivity index (χ0n) is 19.2. The maximum absolute atomic E-state index is 12.9. The van der Waals surface area contributed by atoms with Gasteiger partial charge >= 0.3 is 5.97 Å². The van der Waals surface area contributed by atoms with Crippen molar-refractivity contribution in [3.8, 4) is 11.1 Å². The average Bonchev–Trinajstić information content (AvgIpc) is 2.84. The van der Waals surface area contributed by atoms with Gasteiger partial charge in [-0.3, -0.25) is 9.59 Å². The maximum Gasteiger partial charge on any atom is 0.337 e. The number of amides is 2. The number of carbonyl (C=O) groups excluding carboxylic acids is 2. The molecule has 0 spiro atoms. The topological polar surface area (TPSA) is 147 Å². The van der Waals surface area contributed by atoms with Crippen molar-refractivity contribution in [2.75, 3.05) is 18.4 Å². The summed E-state index contributed by atoms with van der Waals surface area (Å²) in [5.74, 6) is -2.54. The van der Waals surface area contributed by atoms with E-state index in [0.29, 0.717) is 11.1 Å². The summed E-state index contributed by atoms with van der Waals surface area (Å²) in [6.07, 6.45) is 0. The number of nitrogens with one attached hydrogen (secondary N) is 1. The molecule has 0 radical (unpaired) electrons. The van der Waals surface area contributed by atoms with E-state index in [1.54, 1.807) is 44.2 Å². The molecule has 0 atom stereocenters. The van der Waals surface area contributed by atoms with E-state index < -0.39 is 27.8 Å². The Bertz CT molecular complexity index is 1400. The van der Waals surface area contributed by atoms with Crippen molar-refractivity contribution in [1.29, 1.82) is 0 Å². The van der Waals surface area contributed by atoms with Crippen molar-refractivity contribution in [2.45, 2.75) is 18.7 Å². The SMILES string of the molecule is CCN(CC)S(=O)(=O)c1cccc(C(=O)Nc2ccc(-c3cccc(C(N)=O)c3)cc2C(=O)O)c1. The van der Waals surface area contributed by atoms with Crippen LogP contribution in [0.5, 0.6) is 0 Å². The highest BCUT2D eigenvalue weighted by Crippen LogP contribution is 2.27. The van der Waals surface area contributed by atoms with Crippen LogP contribution in [0.4, 0.5) is 5.69 Å². The third kappa shape index (κ3) is 5.56. The monoisotopic (exact) mass is 495 g/mol. The van der Waals surface area contributed by atoms with Gasteiger partial charge < -0.3 is 16.2 Å². The molecule has 0 saturated heterocycles. The zero-order valence-corrected chi connectivity index (χ0v) is 20.0. The number of primary amides is 1. The van der Waals surface area contributed by atoms with E-state index in [4.69, 9.17) is 5.73 Å². The molecule has 0 fully saturated rings. The van der Waals surface area contributed by atoms with Gasteiger partial charge in [0.1, 0.15) is 0 Å². The highest BCUT2D eigenvalue weighted by atomic mass is 32.2. The van der Waals surface area contributed by atoms with Gasteiger partial charge in [-0.05, 0) is 53.6 Å². The first kappa shape index (κ1) is 25.6. The van der Waals surface area contributed by atoms with E-state index >= 15 is 0 Å². The molecule has 0 aliphatic carbocycles. The summed E-state index contributed by atoms with van der Waals surface area (Å²) in [6.45, 7) is 4.01. The Kier molecular flexibility index (Phi) is 7.68. The number of nitrogens with zero attached hydrogens (tertiary/aromatic N) is 1. The van der Waals surface area contributed by atoms with E-state index in [1.807, 2.05) is 0 Å². The standard InChI is InChI=1S/C25H25N3O6S/c1-3-28(4-2)35(33,34)20-10-6-9-19(14-20)24(30)27-22-12-11-17(15-21(22)25(31)32)16-7-5-8-18(13-16)23(26)29/h5-15H,3-4H2,1-2H3,(H2,26,29)(H,27,30)(H,31,32). The second-order valence-electron chi connectivity index (χ2n) is 7.58. The molecule has 3 rings (SSSR count). The van der Waals surface area contributed by atoms with Crippen molar-refractivity contribution in [1.82, 2.24) is 4.31 Å². The molecule has 0 aliphatic heterocycles. The Morgan fingerprint density at radius 3 is 2.14 bits per heavy atom. The van der Waals surface area contributed by atoms with Gasteiger partial charge in [0.15, 0.2) is 0 Å². The molecule has 182 valence electrons. The molecule has 3 aromatic carbocycles. The molecule has 9 nitrogen and oxygen atoms in total. The Morgan fingerprint density at radius 2 is 1.51 bits per heavy atom. The smallest absolute Gasteiger partial charge is 0.337 e. The fraction of sp³-hybridized carbons (Fsp3) is 0.160. The minimum Gasteiger partial charge on any atom is -0.478 e. The van der Waals surface area contributed by atoms with Crippen LogP contribution in [0, 0.1) is 0 Å². The molecule has 0 unspecified atom stereocenters. The van der Waals surface area contributed by atoms with Gasteiger partial charge in [-0.15, -0.1) is 0 Å². The van der Waals surface area contributed by atoms with Gasteiger partial charge in [-0.25, -0.2) is 13.2 Å². The molecule has 35 heavy (non-hydrogen) atoms. The number of benzene rings is 3. The molecule has 0 aliphatic rings. The normalized spacial score (nSPS) is 11.3. The molecule has 0 aromatic heterocycles. The van der Waals surface area contributed by atoms with Gasteiger partial charge in [0.2, 0.25) is 15.9 Å². The minimum absolute atomic E-state index is 0.0306. The van der Waals surface area contributed by atoms with Crippen LogP contribution in [0.1, 0.15) is 44.9 Å². The largest absolute Gasteiger partial charge is 0.478 e. The first-order valence-corrected chi connectivity index (χ1v) is 12.2. The van der Waals surface area contributed by atoms with Crippen molar-refractivity contribution in [2.24, 2.45) is 5.73 Å². The Morgan fingerprint density at radius 1 is 0.886 bits per heavy atom. The second kappa shape index (κ2) is 10.5. The lowest BCUT2D eigenvalue weighted by Gasteiger charge is -2.18. The van der Waals surface area contributed by atoms with E-state index in [2.05, 4.69) is 5.32 Å². The quantitative estimate of drug-likeness (QED) is 0.414. The second-order valence-corrected chi connectivity index (χ2v) is 9.52. The fourth-order valence-corrected chi connectivity index (χ4v) is 5.07. The van der Waals surface area contributed by atoms with Crippen LogP contribution < -0.4 is 11.1 Å². The van der Waals surface area contributed by atoms with Crippen LogP contribution in [-0.2, 0) is 10.0 Å². The number of anilines is 1. The van der Waals surface area contributed by atoms with E-state index in [1.165, 1.54) is 40.7 Å². The number of carboxylic acid groups (broad SMARTS) is 1. The van der Waals surface area contributed by atoms with Crippen LogP contribution in [0.2, 0.25) is 0 Å². The highest BCUT2D eigenvalue weighted by Gasteiger charge is 2.23. The Hall–Kier alpha value is -4.02. The number of aromatic carboxylic acids is 1. The zero-order chi connectivity index (χ0) is 25.8. The predicted octanol–water partition coefficient (Wildman–Crippen LogP) is 3.43. The first-order chi connectivity index (χ1) is 16.6. The van der Waals surface area contributed by atoms with Crippen LogP contribution in [0.3, 0.4) is 0 Å². The van der Waals surface area contributed by atoms with Crippen LogP contribution >= 0.6 is 0 Å². The van der Waals surface area contributed by atoms with Crippen molar-refractivity contribution >= 4 is 33.5 Å². The number of nitrogens with two attached hydrogens (primary N) is 1. The molecule has 10 heteroatoms. The van der Waals surface area contributed by atoms with Crippen LogP contribution in [-0.4, -0.2) is 48.7 Å². The molecular formula is C25H25N3O6S. The van der Waals surface area contributed by atoms with E-state index in [9.17, 15) is 27.9 Å². The predicted molar refractivity (Wildman–Crippen MR) is 132 cm³/mol. The molecule has 0 saturated carbocycles. The van der Waals surface area contributed by atoms with Gasteiger partial charge in [0.05, 0.1) is 16.1 Å². The van der Waals surface area contributed by atoms with Gasteiger partial charge in [0, 0.05) is 24.2 Å². The summed E-state index contributed by atoms with van der Waals surface area (Å²) in [7, 11) is -3.77. The Balaban J connectivity index is 1.93. The van der Waals surface area contributed by atoms with Gasteiger partial charge in [-0.2, -0.15) is 4.31 Å². The third-order valence-corrected chi connectivity index (χ3v) is 7.46. The van der Waals surface area contributed by atoms with Crippen LogP contribution in [0.15, 0.2) is 71.6 Å². The summed E-state index contributed by atoms with van der Waals surface area (Å²) >= 11 is 0. The van der Waals surface area contributed by atoms with Gasteiger partial charge in [0.25, 0.3) is 5.91 Å². The molecule has 0 bridgehead atoms. The molecule has 2 amide bonds. The lowest BCUT2D eigenvalue weighted by molar-refractivity contribution is 0.0697. The Labute approximate surface area is 203 Å². The molecule has 3 aromatic rings. The van der Waals surface area contributed by atoms with Crippen LogP contribution in [0.25, 0.3) is 11.1 Å². The van der Waals surface area contributed by atoms with Crippen molar-refractivity contribution in [3.63, 3.8) is 0 Å². The lowest BCUT2D eigenvalue weighted by atomic mass is 9.99. The third-order valence-electron chi connectivity index (χ3n) is 5.42. The fourth-order valence-electron chi connectivity index (χ4n) is 3.57. The number of sulfonamides is 1. The minimum atomic E-state index is -3.77. The van der Waals surface area contributed by atoms with E-state index in [0.717, 1.165) is 0 Å². The summed E-state index contributed by atoms with van der Waals surface area (Å²) in [5, 5.41) is 12.3. The average molecular weight is 496 g/mol. The number of rotatable bonds is 9. The molecule has 0 heterocycles. The summed E-state index contributed by atoms with van der Waals surface area (Å²) in [6, 6.07) is 16.4.